The van der Waals surface area contributed by atoms with Crippen LogP contribution in [0.2, 0.25) is 0 Å². The highest BCUT2D eigenvalue weighted by Crippen LogP contribution is 2.26. The van der Waals surface area contributed by atoms with E-state index < -0.39 is 11.8 Å². The number of rotatable bonds is 1. The highest BCUT2D eigenvalue weighted by atomic mass is 19.1. The minimum absolute atomic E-state index is 0.0616. The van der Waals surface area contributed by atoms with Gasteiger partial charge in [0.25, 0.3) is 0 Å². The van der Waals surface area contributed by atoms with Crippen molar-refractivity contribution in [2.24, 2.45) is 0 Å². The number of carbonyl (C=O) groups is 1. The molecular weight excluding hydrogens is 313 g/mol. The van der Waals surface area contributed by atoms with Crippen LogP contribution >= 0.6 is 0 Å². The molecule has 6 nitrogen and oxygen atoms in total. The number of alkyl halides is 1. The summed E-state index contributed by atoms with van der Waals surface area (Å²) in [6, 6.07) is 5.14. The molecule has 2 aromatic heterocycles. The van der Waals surface area contributed by atoms with E-state index >= 15 is 0 Å². The maximum absolute atomic E-state index is 14.8. The van der Waals surface area contributed by atoms with Gasteiger partial charge in [0.05, 0.1) is 18.2 Å². The number of hydrogen-bond acceptors (Lipinski definition) is 4. The quantitative estimate of drug-likeness (QED) is 0.814. The van der Waals surface area contributed by atoms with Crippen molar-refractivity contribution >= 4 is 17.1 Å². The number of fused-ring (bicyclic) bond motifs is 1. The van der Waals surface area contributed by atoms with Crippen molar-refractivity contribution in [3.05, 3.63) is 30.0 Å². The number of piperidine rings is 1. The molecule has 1 aliphatic rings. The van der Waals surface area contributed by atoms with Crippen molar-refractivity contribution in [3.63, 3.8) is 0 Å². The summed E-state index contributed by atoms with van der Waals surface area (Å²) in [6.45, 7) is 0.285. The van der Waals surface area contributed by atoms with E-state index in [4.69, 9.17) is 9.84 Å². The molecule has 0 spiro atoms. The van der Waals surface area contributed by atoms with E-state index in [1.807, 2.05) is 0 Å². The Kier molecular flexibility index (Phi) is 4.21. The van der Waals surface area contributed by atoms with Crippen LogP contribution in [0.25, 0.3) is 11.0 Å². The maximum Gasteiger partial charge on any atom is 0.407 e. The molecule has 0 saturated carbocycles. The summed E-state index contributed by atoms with van der Waals surface area (Å²) in [5, 5.41) is 8.92. The molecular formula is C17H16FN3O3. The van der Waals surface area contributed by atoms with Gasteiger partial charge < -0.3 is 14.7 Å². The lowest BCUT2D eigenvalue weighted by Gasteiger charge is -2.31. The first-order valence-corrected chi connectivity index (χ1v) is 7.50. The van der Waals surface area contributed by atoms with E-state index in [0.717, 1.165) is 0 Å². The lowest BCUT2D eigenvalue weighted by Crippen LogP contribution is -2.43. The molecule has 24 heavy (non-hydrogen) atoms. The molecule has 2 aromatic rings. The summed E-state index contributed by atoms with van der Waals surface area (Å²) in [5.74, 6) is 5.94. The van der Waals surface area contributed by atoms with Gasteiger partial charge in [0.1, 0.15) is 5.52 Å². The SMILES string of the molecule is COc1ccc2nccc(C#CC3(F)CCN(C(=O)O)CC3)c2n1. The summed E-state index contributed by atoms with van der Waals surface area (Å²) in [7, 11) is 1.52. The zero-order chi connectivity index (χ0) is 17.2. The molecule has 0 unspecified atom stereocenters. The lowest BCUT2D eigenvalue weighted by atomic mass is 9.94. The van der Waals surface area contributed by atoms with Gasteiger partial charge in [-0.25, -0.2) is 14.2 Å². The van der Waals surface area contributed by atoms with Gasteiger partial charge in [0.15, 0.2) is 5.67 Å². The van der Waals surface area contributed by atoms with Crippen LogP contribution in [0.5, 0.6) is 5.88 Å². The zero-order valence-corrected chi connectivity index (χ0v) is 13.1. The smallest absolute Gasteiger partial charge is 0.407 e. The number of amides is 1. The van der Waals surface area contributed by atoms with Crippen LogP contribution in [0.15, 0.2) is 24.4 Å². The molecule has 0 radical (unpaired) electrons. The average Bonchev–Trinajstić information content (AvgIpc) is 2.60. The second-order valence-corrected chi connectivity index (χ2v) is 5.56. The van der Waals surface area contributed by atoms with Gasteiger partial charge in [0.2, 0.25) is 5.88 Å². The minimum Gasteiger partial charge on any atom is -0.481 e. The molecule has 0 aromatic carbocycles. The van der Waals surface area contributed by atoms with E-state index in [0.29, 0.717) is 22.5 Å². The van der Waals surface area contributed by atoms with Crippen LogP contribution in [0.4, 0.5) is 9.18 Å². The van der Waals surface area contributed by atoms with Gasteiger partial charge in [-0.05, 0) is 12.1 Å². The molecule has 3 rings (SSSR count). The predicted octanol–water partition coefficient (Wildman–Crippen LogP) is 2.47. The fourth-order valence-corrected chi connectivity index (χ4v) is 2.58. The number of halogens is 1. The van der Waals surface area contributed by atoms with Crippen LogP contribution in [-0.4, -0.2) is 51.9 Å². The van der Waals surface area contributed by atoms with Gasteiger partial charge in [0, 0.05) is 38.2 Å². The lowest BCUT2D eigenvalue weighted by molar-refractivity contribution is 0.0910. The van der Waals surface area contributed by atoms with Crippen molar-refractivity contribution < 1.29 is 19.0 Å². The van der Waals surface area contributed by atoms with Crippen molar-refractivity contribution in [1.82, 2.24) is 14.9 Å². The Morgan fingerprint density at radius 2 is 2.12 bits per heavy atom. The molecule has 1 fully saturated rings. The van der Waals surface area contributed by atoms with Gasteiger partial charge in [-0.15, -0.1) is 0 Å². The van der Waals surface area contributed by atoms with E-state index in [9.17, 15) is 9.18 Å². The Hall–Kier alpha value is -2.88. The summed E-state index contributed by atoms with van der Waals surface area (Å²) in [6.07, 6.45) is 0.692. The number of aromatic nitrogens is 2. The van der Waals surface area contributed by atoms with Crippen LogP contribution < -0.4 is 4.74 Å². The maximum atomic E-state index is 14.8. The summed E-state index contributed by atoms with van der Waals surface area (Å²) >= 11 is 0. The predicted molar refractivity (Wildman–Crippen MR) is 85.6 cm³/mol. The second kappa shape index (κ2) is 6.32. The zero-order valence-electron chi connectivity index (χ0n) is 13.1. The molecule has 3 heterocycles. The number of ether oxygens (including phenoxy) is 1. The molecule has 1 N–H and O–H groups in total. The molecule has 1 saturated heterocycles. The third-order valence-corrected chi connectivity index (χ3v) is 4.02. The van der Waals surface area contributed by atoms with Crippen LogP contribution in [-0.2, 0) is 0 Å². The first-order chi connectivity index (χ1) is 11.5. The second-order valence-electron chi connectivity index (χ2n) is 5.56. The molecule has 0 aliphatic carbocycles. The Morgan fingerprint density at radius 1 is 1.38 bits per heavy atom. The summed E-state index contributed by atoms with van der Waals surface area (Å²) in [4.78, 5) is 20.6. The first kappa shape index (κ1) is 16.0. The number of likely N-dealkylation sites (tertiary alicyclic amines) is 1. The number of hydrogen-bond donors (Lipinski definition) is 1. The fraction of sp³-hybridized carbons (Fsp3) is 0.353. The molecule has 0 bridgehead atoms. The third kappa shape index (κ3) is 3.23. The minimum atomic E-state index is -1.69. The van der Waals surface area contributed by atoms with Crippen molar-refractivity contribution in [3.8, 4) is 17.7 Å². The highest BCUT2D eigenvalue weighted by Gasteiger charge is 2.34. The Balaban J connectivity index is 1.88. The van der Waals surface area contributed by atoms with Crippen LogP contribution in [0, 0.1) is 11.8 Å². The Labute approximate surface area is 138 Å². The third-order valence-electron chi connectivity index (χ3n) is 4.02. The molecule has 7 heteroatoms. The largest absolute Gasteiger partial charge is 0.481 e. The topological polar surface area (TPSA) is 75.5 Å². The standard InChI is InChI=1S/C17H16FN3O3/c1-24-14-3-2-13-15(20-14)12(5-9-19-13)4-6-17(18)7-10-21(11-8-17)16(22)23/h2-3,5,9H,7-8,10-11H2,1H3,(H,22,23). The van der Waals surface area contributed by atoms with Gasteiger partial charge in [-0.3, -0.25) is 4.98 Å². The van der Waals surface area contributed by atoms with Gasteiger partial charge >= 0.3 is 6.09 Å². The van der Waals surface area contributed by atoms with E-state index in [1.54, 1.807) is 24.4 Å². The highest BCUT2D eigenvalue weighted by molar-refractivity contribution is 5.81. The number of carboxylic acid groups (broad SMARTS) is 1. The molecule has 124 valence electrons. The summed E-state index contributed by atoms with van der Waals surface area (Å²) in [5.41, 5.74) is 0.0733. The number of nitrogens with zero attached hydrogens (tertiary/aromatic N) is 3. The average molecular weight is 329 g/mol. The van der Waals surface area contributed by atoms with Crippen LogP contribution in [0.1, 0.15) is 18.4 Å². The van der Waals surface area contributed by atoms with Crippen molar-refractivity contribution in [2.45, 2.75) is 18.5 Å². The van der Waals surface area contributed by atoms with Crippen molar-refractivity contribution in [2.75, 3.05) is 20.2 Å². The molecule has 1 aliphatic heterocycles. The summed E-state index contributed by atoms with van der Waals surface area (Å²) < 4.78 is 19.9. The monoisotopic (exact) mass is 329 g/mol. The van der Waals surface area contributed by atoms with Gasteiger partial charge in [-0.1, -0.05) is 11.8 Å². The Morgan fingerprint density at radius 3 is 2.79 bits per heavy atom. The van der Waals surface area contributed by atoms with Crippen LogP contribution in [0.3, 0.4) is 0 Å². The van der Waals surface area contributed by atoms with E-state index in [2.05, 4.69) is 21.8 Å². The number of pyridine rings is 2. The van der Waals surface area contributed by atoms with E-state index in [1.165, 1.54) is 12.0 Å². The van der Waals surface area contributed by atoms with Gasteiger partial charge in [-0.2, -0.15) is 0 Å². The normalized spacial score (nSPS) is 16.3. The molecule has 1 amide bonds. The fourth-order valence-electron chi connectivity index (χ4n) is 2.58. The van der Waals surface area contributed by atoms with Crippen molar-refractivity contribution in [1.29, 1.82) is 0 Å². The van der Waals surface area contributed by atoms with E-state index in [-0.39, 0.29) is 25.9 Å². The number of methoxy groups -OCH3 is 1. The Bertz CT molecular complexity index is 836. The molecule has 0 atom stereocenters. The first-order valence-electron chi connectivity index (χ1n) is 7.50.